The van der Waals surface area contributed by atoms with Gasteiger partial charge in [-0.05, 0) is 50.3 Å². The third-order valence-electron chi connectivity index (χ3n) is 4.11. The molecule has 1 aromatic rings. The van der Waals surface area contributed by atoms with Gasteiger partial charge in [-0.1, -0.05) is 23.2 Å². The van der Waals surface area contributed by atoms with Gasteiger partial charge >= 0.3 is 0 Å². The monoisotopic (exact) mass is 313 g/mol. The molecule has 1 aliphatic heterocycles. The summed E-state index contributed by atoms with van der Waals surface area (Å²) in [5.41, 5.74) is 0.901. The van der Waals surface area contributed by atoms with E-state index in [-0.39, 0.29) is 0 Å². The minimum absolute atomic E-state index is 0.523. The van der Waals surface area contributed by atoms with Crippen LogP contribution < -0.4 is 5.32 Å². The highest BCUT2D eigenvalue weighted by molar-refractivity contribution is 6.32. The molecule has 1 aromatic heterocycles. The Bertz CT molecular complexity index is 456. The number of nitrogens with zero attached hydrogens (tertiary/aromatic N) is 2. The van der Waals surface area contributed by atoms with Gasteiger partial charge < -0.3 is 5.32 Å². The van der Waals surface area contributed by atoms with Crippen molar-refractivity contribution in [3.05, 3.63) is 28.0 Å². The number of halogens is 2. The van der Waals surface area contributed by atoms with E-state index in [1.54, 1.807) is 6.07 Å². The fourth-order valence-electron chi connectivity index (χ4n) is 2.87. The van der Waals surface area contributed by atoms with Crippen molar-refractivity contribution in [2.24, 2.45) is 5.92 Å². The van der Waals surface area contributed by atoms with Crippen molar-refractivity contribution in [2.45, 2.75) is 38.3 Å². The van der Waals surface area contributed by atoms with E-state index in [0.29, 0.717) is 11.2 Å². The zero-order valence-electron chi connectivity index (χ0n) is 11.6. The molecule has 0 aromatic carbocycles. The first kappa shape index (κ1) is 14.6. The summed E-state index contributed by atoms with van der Waals surface area (Å²) in [4.78, 5) is 6.88. The molecule has 0 spiro atoms. The van der Waals surface area contributed by atoms with E-state index >= 15 is 0 Å². The van der Waals surface area contributed by atoms with Crippen LogP contribution in [-0.2, 0) is 6.54 Å². The van der Waals surface area contributed by atoms with Gasteiger partial charge in [-0.15, -0.1) is 0 Å². The minimum Gasteiger partial charge on any atom is -0.313 e. The topological polar surface area (TPSA) is 28.2 Å². The molecular formula is C15H21Cl2N3. The Labute approximate surface area is 130 Å². The standard InChI is InChI=1S/C15H21Cl2N3/c16-13-5-6-15(17)19-14(13)10-20(8-11-3-4-11)9-12-2-1-7-18-12/h5-6,11-12,18H,1-4,7-10H2. The van der Waals surface area contributed by atoms with Gasteiger partial charge in [0.1, 0.15) is 5.15 Å². The molecule has 3 nitrogen and oxygen atoms in total. The Balaban J connectivity index is 1.65. The number of hydrogen-bond acceptors (Lipinski definition) is 3. The van der Waals surface area contributed by atoms with Crippen LogP contribution in [0.25, 0.3) is 0 Å². The largest absolute Gasteiger partial charge is 0.313 e. The summed E-state index contributed by atoms with van der Waals surface area (Å²) in [6, 6.07) is 4.21. The van der Waals surface area contributed by atoms with Crippen LogP contribution >= 0.6 is 23.2 Å². The Morgan fingerprint density at radius 2 is 2.05 bits per heavy atom. The fraction of sp³-hybridized carbons (Fsp3) is 0.667. The van der Waals surface area contributed by atoms with E-state index in [2.05, 4.69) is 15.2 Å². The molecule has 1 unspecified atom stereocenters. The SMILES string of the molecule is Clc1ccc(Cl)c(CN(CC2CC2)CC2CCCN2)n1. The molecule has 2 fully saturated rings. The van der Waals surface area contributed by atoms with Crippen molar-refractivity contribution < 1.29 is 0 Å². The molecule has 3 rings (SSSR count). The van der Waals surface area contributed by atoms with Crippen LogP contribution in [0, 0.1) is 5.92 Å². The zero-order chi connectivity index (χ0) is 13.9. The zero-order valence-corrected chi connectivity index (χ0v) is 13.1. The molecule has 0 radical (unpaired) electrons. The van der Waals surface area contributed by atoms with Crippen molar-refractivity contribution in [2.75, 3.05) is 19.6 Å². The van der Waals surface area contributed by atoms with Crippen molar-refractivity contribution in [3.63, 3.8) is 0 Å². The lowest BCUT2D eigenvalue weighted by Gasteiger charge is -2.25. The molecule has 110 valence electrons. The lowest BCUT2D eigenvalue weighted by atomic mass is 10.2. The minimum atomic E-state index is 0.523. The van der Waals surface area contributed by atoms with E-state index < -0.39 is 0 Å². The predicted octanol–water partition coefficient (Wildman–Crippen LogP) is 3.35. The van der Waals surface area contributed by atoms with Crippen LogP contribution in [-0.4, -0.2) is 35.6 Å². The number of rotatable bonds is 6. The van der Waals surface area contributed by atoms with Gasteiger partial charge in [0, 0.05) is 25.7 Å². The highest BCUT2D eigenvalue weighted by Gasteiger charge is 2.27. The van der Waals surface area contributed by atoms with Gasteiger partial charge in [-0.25, -0.2) is 4.98 Å². The molecule has 0 bridgehead atoms. The van der Waals surface area contributed by atoms with E-state index in [9.17, 15) is 0 Å². The van der Waals surface area contributed by atoms with Gasteiger partial charge in [0.15, 0.2) is 0 Å². The average Bonchev–Trinajstić information content (AvgIpc) is 3.08. The maximum Gasteiger partial charge on any atom is 0.129 e. The second-order valence-corrected chi connectivity index (χ2v) is 6.79. The third kappa shape index (κ3) is 4.08. The first-order chi connectivity index (χ1) is 9.70. The summed E-state index contributed by atoms with van der Waals surface area (Å²) in [5.74, 6) is 0.870. The third-order valence-corrected chi connectivity index (χ3v) is 4.67. The highest BCUT2D eigenvalue weighted by atomic mass is 35.5. The summed E-state index contributed by atoms with van der Waals surface area (Å²) in [6.07, 6.45) is 5.30. The molecule has 5 heteroatoms. The highest BCUT2D eigenvalue weighted by Crippen LogP contribution is 2.31. The average molecular weight is 314 g/mol. The van der Waals surface area contributed by atoms with Crippen LogP contribution in [0.15, 0.2) is 12.1 Å². The fourth-order valence-corrected chi connectivity index (χ4v) is 3.20. The van der Waals surface area contributed by atoms with Crippen molar-refractivity contribution in [1.29, 1.82) is 0 Å². The van der Waals surface area contributed by atoms with Gasteiger partial charge in [-0.2, -0.15) is 0 Å². The van der Waals surface area contributed by atoms with Gasteiger partial charge in [0.2, 0.25) is 0 Å². The molecular weight excluding hydrogens is 293 g/mol. The Morgan fingerprint density at radius 1 is 1.20 bits per heavy atom. The molecule has 1 aliphatic carbocycles. The smallest absolute Gasteiger partial charge is 0.129 e. The van der Waals surface area contributed by atoms with Crippen LogP contribution in [0.2, 0.25) is 10.2 Å². The summed E-state index contributed by atoms with van der Waals surface area (Å²) in [7, 11) is 0. The van der Waals surface area contributed by atoms with E-state index in [1.165, 1.54) is 25.7 Å². The van der Waals surface area contributed by atoms with Crippen molar-refractivity contribution >= 4 is 23.2 Å². The Hall–Kier alpha value is -0.350. The summed E-state index contributed by atoms with van der Waals surface area (Å²) < 4.78 is 0. The van der Waals surface area contributed by atoms with Gasteiger partial charge in [0.05, 0.1) is 10.7 Å². The van der Waals surface area contributed by atoms with E-state index in [0.717, 1.165) is 42.8 Å². The number of pyridine rings is 1. The molecule has 20 heavy (non-hydrogen) atoms. The van der Waals surface area contributed by atoms with Crippen LogP contribution in [0.1, 0.15) is 31.4 Å². The summed E-state index contributed by atoms with van der Waals surface area (Å²) in [5, 5.41) is 4.81. The molecule has 2 aliphatic rings. The molecule has 1 atom stereocenters. The van der Waals surface area contributed by atoms with E-state index in [4.69, 9.17) is 23.2 Å². The molecule has 1 N–H and O–H groups in total. The second-order valence-electron chi connectivity index (χ2n) is 5.99. The second kappa shape index (κ2) is 6.61. The van der Waals surface area contributed by atoms with Crippen LogP contribution in [0.4, 0.5) is 0 Å². The van der Waals surface area contributed by atoms with Crippen LogP contribution in [0.3, 0.4) is 0 Å². The molecule has 1 saturated heterocycles. The molecule has 1 saturated carbocycles. The predicted molar refractivity (Wildman–Crippen MR) is 83.3 cm³/mol. The first-order valence-corrected chi connectivity index (χ1v) is 8.23. The number of hydrogen-bond donors (Lipinski definition) is 1. The Kier molecular flexibility index (Phi) is 4.82. The van der Waals surface area contributed by atoms with E-state index in [1.807, 2.05) is 6.07 Å². The first-order valence-electron chi connectivity index (χ1n) is 7.47. The number of aromatic nitrogens is 1. The Morgan fingerprint density at radius 3 is 2.75 bits per heavy atom. The quantitative estimate of drug-likeness (QED) is 0.816. The van der Waals surface area contributed by atoms with Gasteiger partial charge in [-0.3, -0.25) is 4.90 Å². The lowest BCUT2D eigenvalue weighted by Crippen LogP contribution is -2.38. The van der Waals surface area contributed by atoms with Crippen molar-refractivity contribution in [3.8, 4) is 0 Å². The molecule has 2 heterocycles. The van der Waals surface area contributed by atoms with Gasteiger partial charge in [0.25, 0.3) is 0 Å². The van der Waals surface area contributed by atoms with Crippen LogP contribution in [0.5, 0.6) is 0 Å². The lowest BCUT2D eigenvalue weighted by molar-refractivity contribution is 0.229. The summed E-state index contributed by atoms with van der Waals surface area (Å²) in [6.45, 7) is 4.19. The van der Waals surface area contributed by atoms with Crippen molar-refractivity contribution in [1.82, 2.24) is 15.2 Å². The maximum atomic E-state index is 6.25. The normalized spacial score (nSPS) is 22.6. The summed E-state index contributed by atoms with van der Waals surface area (Å²) >= 11 is 12.2. The number of nitrogens with one attached hydrogen (secondary N) is 1. The maximum absolute atomic E-state index is 6.25. The molecule has 0 amide bonds.